The Morgan fingerprint density at radius 1 is 1.38 bits per heavy atom. The number of carboxylic acid groups (broad SMARTS) is 1. The van der Waals surface area contributed by atoms with Gasteiger partial charge in [-0.05, 0) is 5.56 Å². The summed E-state index contributed by atoms with van der Waals surface area (Å²) in [6.45, 7) is -0.417. The summed E-state index contributed by atoms with van der Waals surface area (Å²) in [5.41, 5.74) is 0.220. The van der Waals surface area contributed by atoms with Crippen molar-refractivity contribution >= 4 is 5.97 Å². The van der Waals surface area contributed by atoms with Crippen LogP contribution in [0.15, 0.2) is 18.2 Å². The number of aliphatic carboxylic acids is 1. The number of aliphatic hydroxyl groups excluding tert-OH is 1. The van der Waals surface area contributed by atoms with Crippen LogP contribution in [0.1, 0.15) is 11.1 Å². The van der Waals surface area contributed by atoms with Crippen LogP contribution in [0.3, 0.4) is 0 Å². The van der Waals surface area contributed by atoms with E-state index in [9.17, 15) is 9.18 Å². The highest BCUT2D eigenvalue weighted by Crippen LogP contribution is 2.13. The third kappa shape index (κ3) is 2.26. The first-order valence-electron chi connectivity index (χ1n) is 3.74. The minimum Gasteiger partial charge on any atom is -0.481 e. The van der Waals surface area contributed by atoms with Crippen molar-refractivity contribution in [2.24, 2.45) is 0 Å². The minimum atomic E-state index is -1.09. The highest BCUT2D eigenvalue weighted by atomic mass is 19.1. The lowest BCUT2D eigenvalue weighted by molar-refractivity contribution is -0.136. The van der Waals surface area contributed by atoms with E-state index in [0.29, 0.717) is 0 Å². The first kappa shape index (κ1) is 9.67. The lowest BCUT2D eigenvalue weighted by atomic mass is 10.1. The number of hydrogen-bond donors (Lipinski definition) is 2. The van der Waals surface area contributed by atoms with Gasteiger partial charge >= 0.3 is 5.97 Å². The summed E-state index contributed by atoms with van der Waals surface area (Å²) in [5.74, 6) is -1.72. The highest BCUT2D eigenvalue weighted by Gasteiger charge is 2.09. The number of carbonyl (C=O) groups is 1. The van der Waals surface area contributed by atoms with Crippen LogP contribution in [0.2, 0.25) is 0 Å². The first-order chi connectivity index (χ1) is 6.15. The molecule has 4 heteroatoms. The van der Waals surface area contributed by atoms with Crippen LogP contribution in [-0.2, 0) is 17.8 Å². The van der Waals surface area contributed by atoms with Crippen molar-refractivity contribution in [3.05, 3.63) is 35.1 Å². The Morgan fingerprint density at radius 2 is 2.00 bits per heavy atom. The molecule has 0 heterocycles. The number of benzene rings is 1. The molecule has 0 saturated carbocycles. The van der Waals surface area contributed by atoms with Gasteiger partial charge in [0.15, 0.2) is 0 Å². The monoisotopic (exact) mass is 184 g/mol. The van der Waals surface area contributed by atoms with Crippen LogP contribution in [0.4, 0.5) is 4.39 Å². The predicted molar refractivity (Wildman–Crippen MR) is 43.7 cm³/mol. The number of halogens is 1. The average molecular weight is 184 g/mol. The summed E-state index contributed by atoms with van der Waals surface area (Å²) in [4.78, 5) is 10.3. The van der Waals surface area contributed by atoms with Crippen LogP contribution in [0.25, 0.3) is 0 Å². The van der Waals surface area contributed by atoms with E-state index >= 15 is 0 Å². The molecular formula is C9H9FO3. The fraction of sp³-hybridized carbons (Fsp3) is 0.222. The van der Waals surface area contributed by atoms with Crippen molar-refractivity contribution in [3.63, 3.8) is 0 Å². The van der Waals surface area contributed by atoms with Gasteiger partial charge in [-0.2, -0.15) is 0 Å². The molecule has 0 saturated heterocycles. The second-order valence-electron chi connectivity index (χ2n) is 2.62. The van der Waals surface area contributed by atoms with Crippen LogP contribution in [-0.4, -0.2) is 16.2 Å². The Bertz CT molecular complexity index is 323. The molecule has 0 radical (unpaired) electrons. The molecule has 0 aromatic heterocycles. The zero-order chi connectivity index (χ0) is 9.84. The number of hydrogen-bond acceptors (Lipinski definition) is 2. The lowest BCUT2D eigenvalue weighted by Gasteiger charge is -2.03. The molecule has 1 aromatic rings. The topological polar surface area (TPSA) is 57.5 Å². The average Bonchev–Trinajstić information content (AvgIpc) is 2.08. The van der Waals surface area contributed by atoms with Crippen LogP contribution >= 0.6 is 0 Å². The molecule has 1 aromatic carbocycles. The second kappa shape index (κ2) is 4.00. The van der Waals surface area contributed by atoms with Gasteiger partial charge in [0, 0.05) is 5.56 Å². The zero-order valence-electron chi connectivity index (χ0n) is 6.83. The molecule has 0 aliphatic carbocycles. The maximum atomic E-state index is 13.2. The molecule has 3 nitrogen and oxygen atoms in total. The standard InChI is InChI=1S/C9H9FO3/c10-9-6(4-8(12)13)2-1-3-7(9)5-11/h1-3,11H,4-5H2,(H,12,13). The van der Waals surface area contributed by atoms with E-state index in [1.807, 2.05) is 0 Å². The van der Waals surface area contributed by atoms with E-state index in [-0.39, 0.29) is 17.5 Å². The summed E-state index contributed by atoms with van der Waals surface area (Å²) in [6.07, 6.45) is -0.361. The first-order valence-corrected chi connectivity index (χ1v) is 3.74. The van der Waals surface area contributed by atoms with E-state index in [2.05, 4.69) is 0 Å². The number of aliphatic hydroxyl groups is 1. The normalized spacial score (nSPS) is 10.0. The Labute approximate surface area is 74.4 Å². The summed E-state index contributed by atoms with van der Waals surface area (Å²) < 4.78 is 13.2. The molecule has 1 rings (SSSR count). The number of carboxylic acids is 1. The number of rotatable bonds is 3. The van der Waals surface area contributed by atoms with E-state index in [1.165, 1.54) is 18.2 Å². The zero-order valence-corrected chi connectivity index (χ0v) is 6.83. The summed E-state index contributed by atoms with van der Waals surface area (Å²) in [7, 11) is 0. The van der Waals surface area contributed by atoms with Gasteiger partial charge in [-0.3, -0.25) is 4.79 Å². The van der Waals surface area contributed by atoms with E-state index in [0.717, 1.165) is 0 Å². The fourth-order valence-electron chi connectivity index (χ4n) is 1.05. The maximum Gasteiger partial charge on any atom is 0.307 e. The molecule has 0 aliphatic rings. The molecule has 13 heavy (non-hydrogen) atoms. The summed E-state index contributed by atoms with van der Waals surface area (Å²) in [5, 5.41) is 17.1. The largest absolute Gasteiger partial charge is 0.481 e. The Balaban J connectivity index is 3.01. The molecule has 0 atom stereocenters. The minimum absolute atomic E-state index is 0.0963. The third-order valence-corrected chi connectivity index (χ3v) is 1.67. The van der Waals surface area contributed by atoms with Crippen molar-refractivity contribution in [2.75, 3.05) is 0 Å². The van der Waals surface area contributed by atoms with Crippen molar-refractivity contribution < 1.29 is 19.4 Å². The molecule has 0 fully saturated rings. The van der Waals surface area contributed by atoms with Gasteiger partial charge in [0.25, 0.3) is 0 Å². The molecular weight excluding hydrogens is 175 g/mol. The van der Waals surface area contributed by atoms with Gasteiger partial charge in [-0.1, -0.05) is 18.2 Å². The van der Waals surface area contributed by atoms with Crippen molar-refractivity contribution in [1.82, 2.24) is 0 Å². The Kier molecular flexibility index (Phi) is 2.97. The van der Waals surface area contributed by atoms with E-state index in [1.54, 1.807) is 0 Å². The van der Waals surface area contributed by atoms with Gasteiger partial charge in [0.05, 0.1) is 13.0 Å². The van der Waals surface area contributed by atoms with Crippen molar-refractivity contribution in [3.8, 4) is 0 Å². The highest BCUT2D eigenvalue weighted by molar-refractivity contribution is 5.70. The van der Waals surface area contributed by atoms with Crippen LogP contribution in [0, 0.1) is 5.82 Å². The molecule has 0 aliphatic heterocycles. The third-order valence-electron chi connectivity index (χ3n) is 1.67. The van der Waals surface area contributed by atoms with Crippen molar-refractivity contribution in [2.45, 2.75) is 13.0 Å². The fourth-order valence-corrected chi connectivity index (χ4v) is 1.05. The SMILES string of the molecule is O=C(O)Cc1cccc(CO)c1F. The van der Waals surface area contributed by atoms with Gasteiger partial charge < -0.3 is 10.2 Å². The molecule has 0 bridgehead atoms. The Hall–Kier alpha value is -1.42. The smallest absolute Gasteiger partial charge is 0.307 e. The van der Waals surface area contributed by atoms with Gasteiger partial charge in [0.2, 0.25) is 0 Å². The quantitative estimate of drug-likeness (QED) is 0.735. The molecule has 0 amide bonds. The molecule has 0 spiro atoms. The van der Waals surface area contributed by atoms with Gasteiger partial charge in [-0.25, -0.2) is 4.39 Å². The van der Waals surface area contributed by atoms with Crippen LogP contribution < -0.4 is 0 Å². The van der Waals surface area contributed by atoms with Crippen molar-refractivity contribution in [1.29, 1.82) is 0 Å². The second-order valence-corrected chi connectivity index (χ2v) is 2.62. The summed E-state index contributed by atoms with van der Waals surface area (Å²) >= 11 is 0. The molecule has 70 valence electrons. The molecule has 0 unspecified atom stereocenters. The summed E-state index contributed by atoms with van der Waals surface area (Å²) in [6, 6.07) is 4.33. The molecule has 2 N–H and O–H groups in total. The lowest BCUT2D eigenvalue weighted by Crippen LogP contribution is -2.04. The van der Waals surface area contributed by atoms with Gasteiger partial charge in [0.1, 0.15) is 5.82 Å². The van der Waals surface area contributed by atoms with E-state index < -0.39 is 18.4 Å². The predicted octanol–water partition coefficient (Wildman–Crippen LogP) is 0.945. The van der Waals surface area contributed by atoms with Gasteiger partial charge in [-0.15, -0.1) is 0 Å². The van der Waals surface area contributed by atoms with Crippen LogP contribution in [0.5, 0.6) is 0 Å². The maximum absolute atomic E-state index is 13.2. The van der Waals surface area contributed by atoms with E-state index in [4.69, 9.17) is 10.2 Å². The Morgan fingerprint density at radius 3 is 2.54 bits per heavy atom.